The molecule has 1 aromatic heterocycles. The molecule has 2 aromatic rings. The quantitative estimate of drug-likeness (QED) is 0.354. The largest absolute Gasteiger partial charge is 0.497 e. The number of hydrogen-bond donors (Lipinski definition) is 2. The predicted molar refractivity (Wildman–Crippen MR) is 121 cm³/mol. The maximum absolute atomic E-state index is 5.23. The third kappa shape index (κ3) is 6.75. The number of nitrogens with zero attached hydrogens (tertiary/aromatic N) is 2. The minimum atomic E-state index is -0.0179. The summed E-state index contributed by atoms with van der Waals surface area (Å²) in [7, 11) is 3.48. The molecule has 0 aliphatic carbocycles. The molecule has 7 heteroatoms. The lowest BCUT2D eigenvalue weighted by molar-refractivity contribution is 0.414. The van der Waals surface area contributed by atoms with E-state index in [9.17, 15) is 0 Å². The van der Waals surface area contributed by atoms with Crippen molar-refractivity contribution in [3.63, 3.8) is 0 Å². The molecule has 0 atom stereocenters. The minimum Gasteiger partial charge on any atom is -0.497 e. The Morgan fingerprint density at radius 1 is 1.23 bits per heavy atom. The van der Waals surface area contributed by atoms with E-state index in [2.05, 4.69) is 52.0 Å². The lowest BCUT2D eigenvalue weighted by Gasteiger charge is -2.27. The topological polar surface area (TPSA) is 58.5 Å². The van der Waals surface area contributed by atoms with Gasteiger partial charge in [-0.2, -0.15) is 0 Å². The van der Waals surface area contributed by atoms with Crippen LogP contribution in [0.4, 0.5) is 0 Å². The molecule has 0 saturated heterocycles. The van der Waals surface area contributed by atoms with Crippen LogP contribution in [0.2, 0.25) is 0 Å². The van der Waals surface area contributed by atoms with Crippen molar-refractivity contribution in [2.75, 3.05) is 27.2 Å². The highest BCUT2D eigenvalue weighted by Gasteiger charge is 2.21. The summed E-state index contributed by atoms with van der Waals surface area (Å²) >= 11 is 1.69. The lowest BCUT2D eigenvalue weighted by atomic mass is 9.84. The van der Waals surface area contributed by atoms with E-state index in [-0.39, 0.29) is 29.4 Å². The van der Waals surface area contributed by atoms with Crippen molar-refractivity contribution in [3.8, 4) is 5.75 Å². The first-order valence-corrected chi connectivity index (χ1v) is 9.32. The molecule has 0 amide bonds. The highest BCUT2D eigenvalue weighted by Crippen LogP contribution is 2.24. The van der Waals surface area contributed by atoms with E-state index >= 15 is 0 Å². The van der Waals surface area contributed by atoms with Crippen LogP contribution in [0.1, 0.15) is 30.1 Å². The first-order chi connectivity index (χ1) is 11.9. The zero-order valence-electron chi connectivity index (χ0n) is 16.1. The molecular weight excluding hydrogens is 459 g/mol. The second-order valence-corrected chi connectivity index (χ2v) is 7.64. The van der Waals surface area contributed by atoms with Gasteiger partial charge < -0.3 is 15.4 Å². The van der Waals surface area contributed by atoms with Crippen molar-refractivity contribution in [2.24, 2.45) is 4.99 Å². The highest BCUT2D eigenvalue weighted by atomic mass is 127. The molecule has 0 aliphatic rings. The Hall–Kier alpha value is -1.35. The number of halogens is 1. The van der Waals surface area contributed by atoms with Gasteiger partial charge in [-0.05, 0) is 24.6 Å². The first-order valence-electron chi connectivity index (χ1n) is 8.44. The van der Waals surface area contributed by atoms with Crippen LogP contribution in [0.5, 0.6) is 5.75 Å². The molecule has 2 N–H and O–H groups in total. The van der Waals surface area contributed by atoms with Crippen LogP contribution in [-0.4, -0.2) is 38.2 Å². The maximum atomic E-state index is 5.23. The predicted octanol–water partition coefficient (Wildman–Crippen LogP) is 3.76. The van der Waals surface area contributed by atoms with Gasteiger partial charge in [0.05, 0.1) is 17.8 Å². The van der Waals surface area contributed by atoms with E-state index in [1.165, 1.54) is 5.56 Å². The summed E-state index contributed by atoms with van der Waals surface area (Å²) in [5.41, 5.74) is 2.37. The molecule has 0 fully saturated rings. The fourth-order valence-corrected chi connectivity index (χ4v) is 3.15. The Balaban J connectivity index is 0.00000338. The second kappa shape index (κ2) is 10.7. The Bertz CT molecular complexity index is 698. The van der Waals surface area contributed by atoms with E-state index in [1.54, 1.807) is 25.5 Å². The number of aryl methyl sites for hydroxylation is 1. The summed E-state index contributed by atoms with van der Waals surface area (Å²) in [4.78, 5) is 8.79. The molecule has 0 saturated carbocycles. The van der Waals surface area contributed by atoms with E-state index in [1.807, 2.05) is 19.1 Å². The summed E-state index contributed by atoms with van der Waals surface area (Å²) in [5.74, 6) is 1.69. The molecule has 0 bridgehead atoms. The van der Waals surface area contributed by atoms with Crippen molar-refractivity contribution in [2.45, 2.75) is 32.6 Å². The van der Waals surface area contributed by atoms with Gasteiger partial charge in [-0.3, -0.25) is 4.99 Å². The summed E-state index contributed by atoms with van der Waals surface area (Å²) in [5, 5.41) is 9.99. The van der Waals surface area contributed by atoms with Crippen molar-refractivity contribution in [1.29, 1.82) is 0 Å². The molecular formula is C19H29IN4OS. The molecule has 0 aliphatic heterocycles. The van der Waals surface area contributed by atoms with Gasteiger partial charge in [-0.25, -0.2) is 4.98 Å². The summed E-state index contributed by atoms with van der Waals surface area (Å²) in [6, 6.07) is 8.22. The summed E-state index contributed by atoms with van der Waals surface area (Å²) in [6.07, 6.45) is 0.896. The molecule has 1 aromatic carbocycles. The van der Waals surface area contributed by atoms with E-state index in [4.69, 9.17) is 4.74 Å². The van der Waals surface area contributed by atoms with Crippen LogP contribution >= 0.6 is 35.3 Å². The van der Waals surface area contributed by atoms with Gasteiger partial charge >= 0.3 is 0 Å². The molecule has 2 rings (SSSR count). The number of hydrogen-bond acceptors (Lipinski definition) is 4. The van der Waals surface area contributed by atoms with Gasteiger partial charge in [-0.1, -0.05) is 26.0 Å². The number of thiazole rings is 1. The zero-order chi connectivity index (χ0) is 18.3. The van der Waals surface area contributed by atoms with Crippen LogP contribution in [0, 0.1) is 6.92 Å². The number of rotatable bonds is 7. The van der Waals surface area contributed by atoms with Crippen molar-refractivity contribution < 1.29 is 4.74 Å². The zero-order valence-corrected chi connectivity index (χ0v) is 19.3. The van der Waals surface area contributed by atoms with Gasteiger partial charge in [0.1, 0.15) is 5.75 Å². The maximum Gasteiger partial charge on any atom is 0.191 e. The average molecular weight is 488 g/mol. The van der Waals surface area contributed by atoms with Crippen LogP contribution in [0.15, 0.2) is 34.6 Å². The molecule has 1 heterocycles. The number of aromatic nitrogens is 1. The van der Waals surface area contributed by atoms with Gasteiger partial charge in [0, 0.05) is 37.4 Å². The van der Waals surface area contributed by atoms with Crippen molar-refractivity contribution >= 4 is 41.3 Å². The average Bonchev–Trinajstić information content (AvgIpc) is 3.03. The number of methoxy groups -OCH3 is 1. The van der Waals surface area contributed by atoms with Crippen LogP contribution in [0.3, 0.4) is 0 Å². The number of benzene rings is 1. The smallest absolute Gasteiger partial charge is 0.191 e. The molecule has 0 unspecified atom stereocenters. The number of nitrogens with one attached hydrogen (secondary N) is 2. The van der Waals surface area contributed by atoms with Crippen LogP contribution < -0.4 is 15.4 Å². The Labute approximate surface area is 177 Å². The van der Waals surface area contributed by atoms with E-state index in [0.717, 1.165) is 41.9 Å². The van der Waals surface area contributed by atoms with Gasteiger partial charge in [0.2, 0.25) is 0 Å². The monoisotopic (exact) mass is 488 g/mol. The highest BCUT2D eigenvalue weighted by molar-refractivity contribution is 14.0. The van der Waals surface area contributed by atoms with Crippen LogP contribution in [0.25, 0.3) is 0 Å². The standard InChI is InChI=1S/C19H28N4OS.HI/c1-14-23-16(12-25-14)10-11-21-18(20-4)22-13-19(2,3)15-6-8-17(24-5)9-7-15;/h6-9,12H,10-11,13H2,1-5H3,(H2,20,21,22);1H. The Kier molecular flexibility index (Phi) is 9.35. The Morgan fingerprint density at radius 2 is 1.92 bits per heavy atom. The van der Waals surface area contributed by atoms with Gasteiger partial charge in [0.15, 0.2) is 5.96 Å². The van der Waals surface area contributed by atoms with E-state index < -0.39 is 0 Å². The third-order valence-electron chi connectivity index (χ3n) is 4.13. The molecule has 0 radical (unpaired) electrons. The Morgan fingerprint density at radius 3 is 2.46 bits per heavy atom. The molecule has 26 heavy (non-hydrogen) atoms. The normalized spacial score (nSPS) is 11.7. The molecule has 144 valence electrons. The van der Waals surface area contributed by atoms with Crippen molar-refractivity contribution in [3.05, 3.63) is 45.9 Å². The fourth-order valence-electron chi connectivity index (χ4n) is 2.50. The molecule has 5 nitrogen and oxygen atoms in total. The summed E-state index contributed by atoms with van der Waals surface area (Å²) in [6.45, 7) is 8.06. The second-order valence-electron chi connectivity index (χ2n) is 6.57. The number of guanidine groups is 1. The first kappa shape index (κ1) is 22.7. The minimum absolute atomic E-state index is 0. The summed E-state index contributed by atoms with van der Waals surface area (Å²) < 4.78 is 5.23. The SMILES string of the molecule is CN=C(NCCc1csc(C)n1)NCC(C)(C)c1ccc(OC)cc1.I. The van der Waals surface area contributed by atoms with E-state index in [0.29, 0.717) is 0 Å². The van der Waals surface area contributed by atoms with Crippen LogP contribution in [-0.2, 0) is 11.8 Å². The van der Waals surface area contributed by atoms with Gasteiger partial charge in [-0.15, -0.1) is 35.3 Å². The van der Waals surface area contributed by atoms with Gasteiger partial charge in [0.25, 0.3) is 0 Å². The fraction of sp³-hybridized carbons (Fsp3) is 0.474. The van der Waals surface area contributed by atoms with Crippen molar-refractivity contribution in [1.82, 2.24) is 15.6 Å². The lowest BCUT2D eigenvalue weighted by Crippen LogP contribution is -2.44. The number of ether oxygens (including phenoxy) is 1. The molecule has 0 spiro atoms. The number of aliphatic imine (C=N–C) groups is 1. The third-order valence-corrected chi connectivity index (χ3v) is 4.96.